The van der Waals surface area contributed by atoms with Crippen LogP contribution in [-0.4, -0.2) is 18.2 Å². The monoisotopic (exact) mass is 155 g/mol. The van der Waals surface area contributed by atoms with Crippen LogP contribution in [0.1, 0.15) is 38.5 Å². The van der Waals surface area contributed by atoms with E-state index in [0.717, 1.165) is 19.4 Å². The van der Waals surface area contributed by atoms with Crippen LogP contribution in [0.15, 0.2) is 0 Å². The molecule has 1 aliphatic carbocycles. The lowest BCUT2D eigenvalue weighted by molar-refractivity contribution is -0.0790. The number of nitrogens with two attached hydrogens (primary N) is 1. The lowest BCUT2D eigenvalue weighted by Crippen LogP contribution is -2.43. The van der Waals surface area contributed by atoms with E-state index >= 15 is 0 Å². The molecule has 0 aromatic carbocycles. The van der Waals surface area contributed by atoms with Crippen molar-refractivity contribution in [1.29, 1.82) is 0 Å². The third-order valence-electron chi connectivity index (χ3n) is 3.05. The highest BCUT2D eigenvalue weighted by atomic mass is 16.5. The highest BCUT2D eigenvalue weighted by molar-refractivity contribution is 4.92. The standard InChI is InChI=1S/C9H17NO/c10-8-3-6-11-9(7-8)4-1-2-5-9/h8H,1-7,10H2/t8-/m0/s1. The summed E-state index contributed by atoms with van der Waals surface area (Å²) in [6, 6.07) is 0.404. The number of rotatable bonds is 0. The van der Waals surface area contributed by atoms with E-state index in [0.29, 0.717) is 6.04 Å². The van der Waals surface area contributed by atoms with Crippen LogP contribution in [0.5, 0.6) is 0 Å². The highest BCUT2D eigenvalue weighted by Crippen LogP contribution is 2.39. The van der Waals surface area contributed by atoms with Crippen molar-refractivity contribution in [2.45, 2.75) is 50.2 Å². The minimum absolute atomic E-state index is 0.220. The molecule has 0 aromatic rings. The summed E-state index contributed by atoms with van der Waals surface area (Å²) < 4.78 is 5.82. The molecule has 1 spiro atoms. The van der Waals surface area contributed by atoms with E-state index in [9.17, 15) is 0 Å². The van der Waals surface area contributed by atoms with E-state index < -0.39 is 0 Å². The Morgan fingerprint density at radius 3 is 2.64 bits per heavy atom. The average Bonchev–Trinajstić information content (AvgIpc) is 2.37. The summed E-state index contributed by atoms with van der Waals surface area (Å²) >= 11 is 0. The van der Waals surface area contributed by atoms with Gasteiger partial charge < -0.3 is 10.5 Å². The molecular formula is C9H17NO. The fourth-order valence-electron chi connectivity index (χ4n) is 2.43. The van der Waals surface area contributed by atoms with Crippen molar-refractivity contribution in [3.63, 3.8) is 0 Å². The molecule has 1 saturated heterocycles. The molecule has 1 aliphatic heterocycles. The first-order chi connectivity index (χ1) is 5.31. The lowest BCUT2D eigenvalue weighted by atomic mass is 9.89. The van der Waals surface area contributed by atoms with Gasteiger partial charge in [0.1, 0.15) is 0 Å². The Hall–Kier alpha value is -0.0800. The molecule has 1 saturated carbocycles. The molecule has 2 heteroatoms. The van der Waals surface area contributed by atoms with Crippen molar-refractivity contribution in [2.75, 3.05) is 6.61 Å². The van der Waals surface area contributed by atoms with Crippen LogP contribution in [-0.2, 0) is 4.74 Å². The van der Waals surface area contributed by atoms with E-state index in [4.69, 9.17) is 10.5 Å². The second-order valence-electron chi connectivity index (χ2n) is 3.99. The van der Waals surface area contributed by atoms with Crippen LogP contribution in [0.25, 0.3) is 0 Å². The van der Waals surface area contributed by atoms with Crippen molar-refractivity contribution in [3.05, 3.63) is 0 Å². The fraction of sp³-hybridized carbons (Fsp3) is 1.00. The van der Waals surface area contributed by atoms with E-state index in [1.807, 2.05) is 0 Å². The summed E-state index contributed by atoms with van der Waals surface area (Å²) in [4.78, 5) is 0. The summed E-state index contributed by atoms with van der Waals surface area (Å²) in [5.41, 5.74) is 6.13. The Morgan fingerprint density at radius 1 is 1.27 bits per heavy atom. The lowest BCUT2D eigenvalue weighted by Gasteiger charge is -2.36. The molecule has 0 bridgehead atoms. The third-order valence-corrected chi connectivity index (χ3v) is 3.05. The van der Waals surface area contributed by atoms with Crippen LogP contribution >= 0.6 is 0 Å². The predicted molar refractivity (Wildman–Crippen MR) is 44.4 cm³/mol. The Bertz CT molecular complexity index is 140. The van der Waals surface area contributed by atoms with Gasteiger partial charge in [-0.05, 0) is 25.7 Å². The normalized spacial score (nSPS) is 36.3. The zero-order chi connectivity index (χ0) is 7.73. The van der Waals surface area contributed by atoms with Crippen LogP contribution < -0.4 is 5.73 Å². The van der Waals surface area contributed by atoms with Gasteiger partial charge in [0.15, 0.2) is 0 Å². The third kappa shape index (κ3) is 1.42. The zero-order valence-electron chi connectivity index (χ0n) is 7.01. The average molecular weight is 155 g/mol. The van der Waals surface area contributed by atoms with Gasteiger partial charge in [-0.25, -0.2) is 0 Å². The van der Waals surface area contributed by atoms with Gasteiger partial charge in [-0.2, -0.15) is 0 Å². The Labute approximate surface area is 68.1 Å². The van der Waals surface area contributed by atoms with Crippen LogP contribution in [0.4, 0.5) is 0 Å². The predicted octanol–water partition coefficient (Wildman–Crippen LogP) is 1.44. The molecule has 11 heavy (non-hydrogen) atoms. The van der Waals surface area contributed by atoms with Gasteiger partial charge in [0.2, 0.25) is 0 Å². The molecular weight excluding hydrogens is 138 g/mol. The van der Waals surface area contributed by atoms with Crippen LogP contribution in [0.2, 0.25) is 0 Å². The zero-order valence-corrected chi connectivity index (χ0v) is 7.01. The molecule has 2 nitrogen and oxygen atoms in total. The summed E-state index contributed by atoms with van der Waals surface area (Å²) in [5.74, 6) is 0. The minimum Gasteiger partial charge on any atom is -0.375 e. The first-order valence-electron chi connectivity index (χ1n) is 4.70. The quantitative estimate of drug-likeness (QED) is 0.574. The van der Waals surface area contributed by atoms with E-state index in [1.54, 1.807) is 0 Å². The molecule has 1 heterocycles. The summed E-state index contributed by atoms with van der Waals surface area (Å²) in [6.07, 6.45) is 7.34. The molecule has 2 rings (SSSR count). The van der Waals surface area contributed by atoms with Gasteiger partial charge in [-0.3, -0.25) is 0 Å². The first kappa shape index (κ1) is 7.56. The maximum Gasteiger partial charge on any atom is 0.0697 e. The molecule has 2 aliphatic rings. The maximum absolute atomic E-state index is 5.91. The summed E-state index contributed by atoms with van der Waals surface area (Å²) in [6.45, 7) is 0.890. The smallest absolute Gasteiger partial charge is 0.0697 e. The van der Waals surface area contributed by atoms with Crippen LogP contribution in [0, 0.1) is 0 Å². The Kier molecular flexibility index (Phi) is 1.90. The van der Waals surface area contributed by atoms with Crippen molar-refractivity contribution in [1.82, 2.24) is 0 Å². The molecule has 0 amide bonds. The molecule has 2 fully saturated rings. The fourth-order valence-corrected chi connectivity index (χ4v) is 2.43. The molecule has 0 aromatic heterocycles. The molecule has 1 atom stereocenters. The second-order valence-corrected chi connectivity index (χ2v) is 3.99. The van der Waals surface area contributed by atoms with Gasteiger partial charge in [-0.15, -0.1) is 0 Å². The van der Waals surface area contributed by atoms with E-state index in [-0.39, 0.29) is 5.60 Å². The van der Waals surface area contributed by atoms with Crippen molar-refractivity contribution in [3.8, 4) is 0 Å². The Morgan fingerprint density at radius 2 is 2.00 bits per heavy atom. The van der Waals surface area contributed by atoms with Gasteiger partial charge in [-0.1, -0.05) is 12.8 Å². The first-order valence-corrected chi connectivity index (χ1v) is 4.70. The van der Waals surface area contributed by atoms with Gasteiger partial charge in [0.05, 0.1) is 5.60 Å². The van der Waals surface area contributed by atoms with Gasteiger partial charge in [0.25, 0.3) is 0 Å². The summed E-state index contributed by atoms with van der Waals surface area (Å²) in [5, 5.41) is 0. The van der Waals surface area contributed by atoms with Crippen molar-refractivity contribution >= 4 is 0 Å². The van der Waals surface area contributed by atoms with E-state index in [2.05, 4.69) is 0 Å². The second kappa shape index (κ2) is 2.76. The van der Waals surface area contributed by atoms with E-state index in [1.165, 1.54) is 25.7 Å². The van der Waals surface area contributed by atoms with Gasteiger partial charge >= 0.3 is 0 Å². The summed E-state index contributed by atoms with van der Waals surface area (Å²) in [7, 11) is 0. The highest BCUT2D eigenvalue weighted by Gasteiger charge is 2.38. The molecule has 0 unspecified atom stereocenters. The SMILES string of the molecule is N[C@H]1CCOC2(CCCC2)C1. The van der Waals surface area contributed by atoms with Crippen LogP contribution in [0.3, 0.4) is 0 Å². The van der Waals surface area contributed by atoms with Crippen molar-refractivity contribution in [2.24, 2.45) is 5.73 Å². The minimum atomic E-state index is 0.220. The maximum atomic E-state index is 5.91. The molecule has 2 N–H and O–H groups in total. The number of ether oxygens (including phenoxy) is 1. The number of hydrogen-bond acceptors (Lipinski definition) is 2. The Balaban J connectivity index is 2.00. The molecule has 0 radical (unpaired) electrons. The van der Waals surface area contributed by atoms with Gasteiger partial charge in [0, 0.05) is 12.6 Å². The number of hydrogen-bond donors (Lipinski definition) is 1. The largest absolute Gasteiger partial charge is 0.375 e. The molecule has 64 valence electrons. The topological polar surface area (TPSA) is 35.2 Å². The van der Waals surface area contributed by atoms with Crippen molar-refractivity contribution < 1.29 is 4.74 Å².